The molecule has 0 N–H and O–H groups in total. The molecular formula is C54H30BF24IO2. The minimum absolute atomic E-state index is 0.415. The second-order valence-corrected chi connectivity index (χ2v) is 20.7. The number of rotatable bonds is 10. The smallest absolute Gasteiger partial charge is 0.423 e. The van der Waals surface area contributed by atoms with Crippen LogP contribution in [0.4, 0.5) is 105 Å². The first-order valence-corrected chi connectivity index (χ1v) is 25.0. The van der Waals surface area contributed by atoms with Gasteiger partial charge in [0, 0.05) is 25.0 Å². The second kappa shape index (κ2) is 22.6. The van der Waals surface area contributed by atoms with Crippen molar-refractivity contribution in [2.75, 3.05) is 0 Å². The third-order valence-electron chi connectivity index (χ3n) is 12.3. The van der Waals surface area contributed by atoms with Crippen LogP contribution in [0.25, 0.3) is 0 Å². The predicted octanol–water partition coefficient (Wildman–Crippen LogP) is 13.4. The highest BCUT2D eigenvalue weighted by Crippen LogP contribution is 2.41. The van der Waals surface area contributed by atoms with Crippen molar-refractivity contribution in [1.82, 2.24) is 0 Å². The van der Waals surface area contributed by atoms with Crippen molar-refractivity contribution in [1.29, 1.82) is 0 Å². The van der Waals surface area contributed by atoms with Gasteiger partial charge in [0.2, 0.25) is 0 Å². The average molecular weight is 1300 g/mol. The Balaban J connectivity index is 0.000000318. The monoisotopic (exact) mass is 1300 g/mol. The van der Waals surface area contributed by atoms with Gasteiger partial charge in [0.05, 0.1) is 44.5 Å². The van der Waals surface area contributed by atoms with E-state index < -0.39 is 216 Å². The Morgan fingerprint density at radius 2 is 0.476 bits per heavy atom. The molecule has 0 aliphatic rings. The van der Waals surface area contributed by atoms with Gasteiger partial charge < -0.3 is 8.83 Å². The van der Waals surface area contributed by atoms with E-state index in [4.69, 9.17) is 8.83 Å². The van der Waals surface area contributed by atoms with Gasteiger partial charge in [-0.05, 0) is 47.5 Å². The van der Waals surface area contributed by atoms with Gasteiger partial charge in [-0.25, -0.2) is 0 Å². The molecule has 2 nitrogen and oxygen atoms in total. The summed E-state index contributed by atoms with van der Waals surface area (Å²) in [5.41, 5.74) is -27.7. The van der Waals surface area contributed by atoms with Crippen LogP contribution in [0.1, 0.15) is 67.2 Å². The molecule has 0 unspecified atom stereocenters. The molecule has 82 heavy (non-hydrogen) atoms. The fraction of sp³-hybridized carbons (Fsp3) is 0.185. The van der Waals surface area contributed by atoms with Crippen LogP contribution in [0.5, 0.6) is 0 Å². The van der Waals surface area contributed by atoms with Crippen molar-refractivity contribution >= 4 is 28.0 Å². The molecule has 28 heteroatoms. The van der Waals surface area contributed by atoms with Crippen molar-refractivity contribution in [3.05, 3.63) is 232 Å². The lowest BCUT2D eigenvalue weighted by Crippen LogP contribution is -3.61. The number of halogens is 25. The third kappa shape index (κ3) is 15.0. The lowest BCUT2D eigenvalue weighted by Gasteiger charge is -2.46. The van der Waals surface area contributed by atoms with Crippen molar-refractivity contribution in [2.45, 2.75) is 62.3 Å². The van der Waals surface area contributed by atoms with E-state index in [1.807, 2.05) is 12.1 Å². The number of furan rings is 2. The van der Waals surface area contributed by atoms with Gasteiger partial charge in [-0.2, -0.15) is 127 Å². The molecule has 436 valence electrons. The maximum atomic E-state index is 14.2. The molecule has 0 saturated carbocycles. The average Bonchev–Trinajstić information content (AvgIpc) is 4.01. The van der Waals surface area contributed by atoms with Crippen molar-refractivity contribution in [2.24, 2.45) is 0 Å². The maximum absolute atomic E-state index is 14.2. The van der Waals surface area contributed by atoms with Gasteiger partial charge >= 0.3 is 78.1 Å². The standard InChI is InChI=1S/C32H12BF24.C22H18IO2/c34-25(35,36)13-1-14(26(37,38)39)6-21(5-13)33(22-7-15(27(40,41)42)2-16(8-22)28(43,44)45,23-9-17(29(46,47)48)3-18(10-23)30(49,50)51)24-11-19(31(52,53)54)4-20(12-24)32(55,56)57;1-3-7-17(8-4-1)15-19-11-13-21(24-19)23-22-14-12-20(25-22)16-18-9-5-2-6-10-18/h1-12H;1-14H,15-16H2/q-1;+1. The van der Waals surface area contributed by atoms with Crippen LogP contribution in [0.2, 0.25) is 0 Å². The third-order valence-corrected chi connectivity index (χ3v) is 14.5. The normalized spacial score (nSPS) is 13.3. The van der Waals surface area contributed by atoms with Crippen LogP contribution in [-0.2, 0) is 62.3 Å². The summed E-state index contributed by atoms with van der Waals surface area (Å²) in [5.74, 6) is 2.02. The molecule has 0 amide bonds. The van der Waals surface area contributed by atoms with Gasteiger partial charge in [0.25, 0.3) is 0 Å². The quantitative estimate of drug-likeness (QED) is 0.0775. The van der Waals surface area contributed by atoms with Gasteiger partial charge in [-0.1, -0.05) is 109 Å². The number of benzene rings is 6. The maximum Gasteiger partial charge on any atom is 0.442 e. The van der Waals surface area contributed by atoms with E-state index in [9.17, 15) is 105 Å². The Morgan fingerprint density at radius 3 is 0.671 bits per heavy atom. The molecule has 0 aliphatic heterocycles. The SMILES string of the molecule is FC(F)(F)c1cc([B-](c2cc(C(F)(F)F)cc(C(F)(F)F)c2)(c2cc(C(F)(F)F)cc(C(F)(F)F)c2)c2cc(C(F)(F)F)cc(C(F)(F)F)c2)cc(C(F)(F)F)c1.c1ccc(Cc2ccc([I+]c3ccc(Cc4ccccc4)o3)o2)cc1. The van der Waals surface area contributed by atoms with E-state index in [0.29, 0.717) is 0 Å². The van der Waals surface area contributed by atoms with Crippen LogP contribution >= 0.6 is 0 Å². The highest BCUT2D eigenvalue weighted by Gasteiger charge is 2.47. The minimum Gasteiger partial charge on any atom is -0.423 e. The summed E-state index contributed by atoms with van der Waals surface area (Å²) < 4.78 is 355. The summed E-state index contributed by atoms with van der Waals surface area (Å²) >= 11 is -0.415. The summed E-state index contributed by atoms with van der Waals surface area (Å²) in [4.78, 5) is 0. The van der Waals surface area contributed by atoms with Crippen LogP contribution in [0.15, 0.2) is 167 Å². The lowest BCUT2D eigenvalue weighted by atomic mass is 9.12. The van der Waals surface area contributed by atoms with Crippen LogP contribution < -0.4 is 43.1 Å². The molecule has 8 aromatic rings. The van der Waals surface area contributed by atoms with Gasteiger partial charge in [-0.15, -0.1) is 0 Å². The van der Waals surface area contributed by atoms with E-state index in [1.54, 1.807) is 0 Å². The van der Waals surface area contributed by atoms with Gasteiger partial charge in [0.1, 0.15) is 17.7 Å². The number of hydrogen-bond acceptors (Lipinski definition) is 2. The molecule has 0 atom stereocenters. The largest absolute Gasteiger partial charge is 0.442 e. The highest BCUT2D eigenvalue weighted by molar-refractivity contribution is 7.20. The molecule has 2 aromatic heterocycles. The summed E-state index contributed by atoms with van der Waals surface area (Å²) in [5, 5.41) is 0. The van der Waals surface area contributed by atoms with Crippen molar-refractivity contribution < 1.29 is 135 Å². The predicted molar refractivity (Wildman–Crippen MR) is 243 cm³/mol. The molecule has 0 aliphatic carbocycles. The second-order valence-electron chi connectivity index (χ2n) is 18.1. The molecule has 0 spiro atoms. The summed E-state index contributed by atoms with van der Waals surface area (Å²) in [6.07, 6.45) is -53.1. The van der Waals surface area contributed by atoms with Gasteiger partial charge in [-0.3, -0.25) is 0 Å². The Labute approximate surface area is 456 Å². The summed E-state index contributed by atoms with van der Waals surface area (Å²) in [7, 11) is 0. The zero-order valence-corrected chi connectivity index (χ0v) is 42.4. The molecule has 8 rings (SSSR count). The molecule has 0 saturated heterocycles. The Hall–Kier alpha value is -7.01. The Morgan fingerprint density at radius 1 is 0.268 bits per heavy atom. The fourth-order valence-corrected chi connectivity index (χ4v) is 10.8. The van der Waals surface area contributed by atoms with Crippen LogP contribution in [-0.4, -0.2) is 6.15 Å². The van der Waals surface area contributed by atoms with E-state index in [2.05, 4.69) is 72.8 Å². The summed E-state index contributed by atoms with van der Waals surface area (Å²) in [6.45, 7) is 0. The number of hydrogen-bond donors (Lipinski definition) is 0. The molecule has 6 aromatic carbocycles. The fourth-order valence-electron chi connectivity index (χ4n) is 8.75. The lowest BCUT2D eigenvalue weighted by molar-refractivity contribution is -0.636. The molecular weight excluding hydrogens is 1270 g/mol. The number of alkyl halides is 24. The van der Waals surface area contributed by atoms with Crippen LogP contribution in [0, 0.1) is 7.53 Å². The molecule has 0 bridgehead atoms. The topological polar surface area (TPSA) is 26.3 Å². The minimum atomic E-state index is -6.13. The zero-order chi connectivity index (χ0) is 60.8. The molecule has 2 heterocycles. The van der Waals surface area contributed by atoms with E-state index >= 15 is 0 Å². The summed E-state index contributed by atoms with van der Waals surface area (Å²) in [6, 6.07) is 20.3. The van der Waals surface area contributed by atoms with E-state index in [1.165, 1.54) is 11.1 Å². The highest BCUT2D eigenvalue weighted by atomic mass is 127. The Kier molecular flexibility index (Phi) is 17.3. The van der Waals surface area contributed by atoms with Crippen LogP contribution in [0.3, 0.4) is 0 Å². The first-order chi connectivity index (χ1) is 37.6. The van der Waals surface area contributed by atoms with Crippen molar-refractivity contribution in [3.8, 4) is 0 Å². The molecule has 0 fully saturated rings. The molecule has 0 radical (unpaired) electrons. The van der Waals surface area contributed by atoms with E-state index in [0.717, 1.165) is 31.9 Å². The first-order valence-electron chi connectivity index (χ1n) is 22.9. The Bertz CT molecular complexity index is 2990. The van der Waals surface area contributed by atoms with Gasteiger partial charge in [0.15, 0.2) is 0 Å². The zero-order valence-electron chi connectivity index (χ0n) is 40.3. The van der Waals surface area contributed by atoms with Crippen molar-refractivity contribution in [3.63, 3.8) is 0 Å². The van der Waals surface area contributed by atoms with E-state index in [-0.39, 0.29) is 0 Å². The first kappa shape index (κ1) is 62.6.